The van der Waals surface area contributed by atoms with Gasteiger partial charge in [-0.15, -0.1) is 0 Å². The highest BCUT2D eigenvalue weighted by molar-refractivity contribution is 6.23. The number of nitrogens with zero attached hydrogens (tertiary/aromatic N) is 2. The van der Waals surface area contributed by atoms with Crippen LogP contribution in [-0.2, 0) is 19.1 Å². The molecule has 0 aliphatic carbocycles. The summed E-state index contributed by atoms with van der Waals surface area (Å²) in [4.78, 5) is 42.7. The fourth-order valence-electron chi connectivity index (χ4n) is 4.90. The second kappa shape index (κ2) is 6.30. The number of rotatable bonds is 2. The van der Waals surface area contributed by atoms with Crippen LogP contribution in [0.5, 0.6) is 0 Å². The molecule has 0 saturated carbocycles. The van der Waals surface area contributed by atoms with Crippen molar-refractivity contribution < 1.29 is 19.1 Å². The number of hydrogen-bond donors (Lipinski definition) is 0. The lowest BCUT2D eigenvalue weighted by Gasteiger charge is -2.34. The standard InChI is InChI=1S/C23H20N2O4/c1-13-7-9-15(10-8-13)25-21(26)17-18(22(25)27)20(23(28)29-2)24-12-11-14-5-3-4-6-16(14)19(17)24/h3-12,17-20H,1-2H3/t17-,18+,19+,20+/m0/s1. The molecule has 2 saturated heterocycles. The molecule has 2 amide bonds. The predicted molar refractivity (Wildman–Crippen MR) is 107 cm³/mol. The lowest BCUT2D eigenvalue weighted by molar-refractivity contribution is -0.148. The molecule has 6 nitrogen and oxygen atoms in total. The van der Waals surface area contributed by atoms with Gasteiger partial charge in [-0.2, -0.15) is 0 Å². The van der Waals surface area contributed by atoms with Gasteiger partial charge in [0.2, 0.25) is 11.8 Å². The van der Waals surface area contributed by atoms with Gasteiger partial charge in [-0.25, -0.2) is 9.69 Å². The third-order valence-corrected chi connectivity index (χ3v) is 6.20. The van der Waals surface area contributed by atoms with Gasteiger partial charge in [-0.1, -0.05) is 42.0 Å². The van der Waals surface area contributed by atoms with E-state index >= 15 is 0 Å². The molecule has 3 aliphatic heterocycles. The molecular weight excluding hydrogens is 368 g/mol. The van der Waals surface area contributed by atoms with Crippen molar-refractivity contribution in [3.05, 3.63) is 71.4 Å². The maximum Gasteiger partial charge on any atom is 0.329 e. The number of imide groups is 1. The summed E-state index contributed by atoms with van der Waals surface area (Å²) >= 11 is 0. The minimum atomic E-state index is -0.827. The number of amides is 2. The molecule has 146 valence electrons. The average Bonchev–Trinajstić information content (AvgIpc) is 3.21. The van der Waals surface area contributed by atoms with E-state index in [1.54, 1.807) is 12.1 Å². The Kier molecular flexibility index (Phi) is 3.84. The van der Waals surface area contributed by atoms with Crippen molar-refractivity contribution in [1.82, 2.24) is 4.90 Å². The minimum Gasteiger partial charge on any atom is -0.467 e. The highest BCUT2D eigenvalue weighted by atomic mass is 16.5. The molecule has 4 atom stereocenters. The zero-order valence-electron chi connectivity index (χ0n) is 16.1. The van der Waals surface area contributed by atoms with Crippen LogP contribution in [-0.4, -0.2) is 35.8 Å². The van der Waals surface area contributed by atoms with Gasteiger partial charge in [0.1, 0.15) is 6.04 Å². The third-order valence-electron chi connectivity index (χ3n) is 6.20. The molecule has 29 heavy (non-hydrogen) atoms. The summed E-state index contributed by atoms with van der Waals surface area (Å²) in [6.45, 7) is 1.95. The van der Waals surface area contributed by atoms with Crippen molar-refractivity contribution >= 4 is 29.5 Å². The summed E-state index contributed by atoms with van der Waals surface area (Å²) in [6, 6.07) is 13.8. The molecule has 3 heterocycles. The van der Waals surface area contributed by atoms with Gasteiger partial charge in [-0.3, -0.25) is 9.59 Å². The smallest absolute Gasteiger partial charge is 0.329 e. The number of carbonyl (C=O) groups is 3. The van der Waals surface area contributed by atoms with Crippen LogP contribution >= 0.6 is 0 Å². The molecule has 0 spiro atoms. The van der Waals surface area contributed by atoms with Gasteiger partial charge in [-0.05, 0) is 36.3 Å². The Morgan fingerprint density at radius 3 is 2.38 bits per heavy atom. The Morgan fingerprint density at radius 1 is 0.966 bits per heavy atom. The van der Waals surface area contributed by atoms with Gasteiger partial charge < -0.3 is 9.64 Å². The van der Waals surface area contributed by atoms with Crippen LogP contribution in [0, 0.1) is 18.8 Å². The van der Waals surface area contributed by atoms with E-state index in [0.717, 1.165) is 16.7 Å². The van der Waals surface area contributed by atoms with Gasteiger partial charge in [0.25, 0.3) is 0 Å². The fraction of sp³-hybridized carbons (Fsp3) is 0.261. The second-order valence-corrected chi connectivity index (χ2v) is 7.70. The van der Waals surface area contributed by atoms with E-state index in [2.05, 4.69) is 0 Å². The number of benzene rings is 2. The number of anilines is 1. The number of carbonyl (C=O) groups excluding carboxylic acids is 3. The van der Waals surface area contributed by atoms with E-state index in [-0.39, 0.29) is 17.9 Å². The topological polar surface area (TPSA) is 66.9 Å². The summed E-state index contributed by atoms with van der Waals surface area (Å²) in [5.41, 5.74) is 3.52. The number of ether oxygens (including phenoxy) is 1. The molecule has 2 aromatic rings. The van der Waals surface area contributed by atoms with Crippen molar-refractivity contribution in [1.29, 1.82) is 0 Å². The molecular formula is C23H20N2O4. The molecule has 0 radical (unpaired) electrons. The number of methoxy groups -OCH3 is 1. The molecule has 2 fully saturated rings. The van der Waals surface area contributed by atoms with E-state index < -0.39 is 23.8 Å². The highest BCUT2D eigenvalue weighted by Gasteiger charge is 2.65. The van der Waals surface area contributed by atoms with Gasteiger partial charge in [0, 0.05) is 6.20 Å². The largest absolute Gasteiger partial charge is 0.467 e. The Labute approximate surface area is 168 Å². The number of esters is 1. The molecule has 0 bridgehead atoms. The van der Waals surface area contributed by atoms with Crippen molar-refractivity contribution in [2.24, 2.45) is 11.8 Å². The van der Waals surface area contributed by atoms with Crippen LogP contribution in [0.3, 0.4) is 0 Å². The van der Waals surface area contributed by atoms with Crippen LogP contribution < -0.4 is 4.90 Å². The molecule has 0 unspecified atom stereocenters. The van der Waals surface area contributed by atoms with E-state index in [1.807, 2.05) is 60.5 Å². The number of hydrogen-bond acceptors (Lipinski definition) is 5. The van der Waals surface area contributed by atoms with Crippen molar-refractivity contribution in [2.75, 3.05) is 12.0 Å². The second-order valence-electron chi connectivity index (χ2n) is 7.70. The Hall–Kier alpha value is -3.41. The first kappa shape index (κ1) is 17.7. The molecule has 2 aromatic carbocycles. The SMILES string of the molecule is COC(=O)[C@H]1[C@@H]2C(=O)N(c3ccc(C)cc3)C(=O)[C@@H]2[C@H]2c3ccccc3C=CN21. The molecule has 3 aliphatic rings. The van der Waals surface area contributed by atoms with Crippen LogP contribution in [0.25, 0.3) is 6.08 Å². The van der Waals surface area contributed by atoms with Crippen molar-refractivity contribution in [3.8, 4) is 0 Å². The Balaban J connectivity index is 1.65. The lowest BCUT2D eigenvalue weighted by atomic mass is 9.84. The number of fused-ring (bicyclic) bond motifs is 5. The van der Waals surface area contributed by atoms with Crippen LogP contribution in [0.15, 0.2) is 54.7 Å². The fourth-order valence-corrected chi connectivity index (χ4v) is 4.90. The summed E-state index contributed by atoms with van der Waals surface area (Å²) in [5.74, 6) is -2.54. The molecule has 0 aromatic heterocycles. The first-order chi connectivity index (χ1) is 14.0. The molecule has 6 heteroatoms. The zero-order chi connectivity index (χ0) is 20.3. The lowest BCUT2D eigenvalue weighted by Crippen LogP contribution is -2.44. The Morgan fingerprint density at radius 2 is 1.66 bits per heavy atom. The van der Waals surface area contributed by atoms with Gasteiger partial charge in [0.15, 0.2) is 0 Å². The van der Waals surface area contributed by atoms with Crippen LogP contribution in [0.2, 0.25) is 0 Å². The highest BCUT2D eigenvalue weighted by Crippen LogP contribution is 2.53. The van der Waals surface area contributed by atoms with E-state index in [1.165, 1.54) is 12.0 Å². The summed E-state index contributed by atoms with van der Waals surface area (Å²) in [6.07, 6.45) is 3.72. The maximum atomic E-state index is 13.5. The van der Waals surface area contributed by atoms with Crippen LogP contribution in [0.4, 0.5) is 5.69 Å². The zero-order valence-corrected chi connectivity index (χ0v) is 16.1. The molecule has 0 N–H and O–H groups in total. The number of aryl methyl sites for hydroxylation is 1. The Bertz CT molecular complexity index is 1060. The van der Waals surface area contributed by atoms with Crippen molar-refractivity contribution in [3.63, 3.8) is 0 Å². The maximum absolute atomic E-state index is 13.5. The van der Waals surface area contributed by atoms with Gasteiger partial charge >= 0.3 is 5.97 Å². The third kappa shape index (κ3) is 2.38. The van der Waals surface area contributed by atoms with Gasteiger partial charge in [0.05, 0.1) is 30.7 Å². The summed E-state index contributed by atoms with van der Waals surface area (Å²) in [5, 5.41) is 0. The quantitative estimate of drug-likeness (QED) is 0.585. The average molecular weight is 388 g/mol. The summed E-state index contributed by atoms with van der Waals surface area (Å²) in [7, 11) is 1.31. The van der Waals surface area contributed by atoms with E-state index in [9.17, 15) is 14.4 Å². The van der Waals surface area contributed by atoms with Crippen LogP contribution in [0.1, 0.15) is 22.7 Å². The first-order valence-electron chi connectivity index (χ1n) is 9.60. The van der Waals surface area contributed by atoms with E-state index in [0.29, 0.717) is 5.69 Å². The minimum absolute atomic E-state index is 0.268. The monoisotopic (exact) mass is 388 g/mol. The molecule has 5 rings (SSSR count). The van der Waals surface area contributed by atoms with Crippen molar-refractivity contribution in [2.45, 2.75) is 19.0 Å². The van der Waals surface area contributed by atoms with E-state index in [4.69, 9.17) is 4.74 Å². The normalized spacial score (nSPS) is 27.0. The predicted octanol–water partition coefficient (Wildman–Crippen LogP) is 2.68. The summed E-state index contributed by atoms with van der Waals surface area (Å²) < 4.78 is 5.02. The first-order valence-corrected chi connectivity index (χ1v) is 9.60.